The predicted octanol–water partition coefficient (Wildman–Crippen LogP) is 4.69. The average molecular weight is 405 g/mol. The zero-order valence-electron chi connectivity index (χ0n) is 17.8. The summed E-state index contributed by atoms with van der Waals surface area (Å²) < 4.78 is 5.12. The lowest BCUT2D eigenvalue weighted by Gasteiger charge is -2.23. The van der Waals surface area contributed by atoms with Crippen LogP contribution < -0.4 is 0 Å². The number of amides is 1. The quantitative estimate of drug-likeness (QED) is 0.554. The number of aromatic amines is 1. The minimum Gasteiger partial charge on any atom is -0.461 e. The number of esters is 1. The Morgan fingerprint density at radius 3 is 2.13 bits per heavy atom. The molecule has 0 fully saturated rings. The van der Waals surface area contributed by atoms with Crippen molar-refractivity contribution in [1.82, 2.24) is 9.88 Å². The Kier molecular flexibility index (Phi) is 7.07. The summed E-state index contributed by atoms with van der Waals surface area (Å²) in [6.45, 7) is 6.75. The fourth-order valence-electron chi connectivity index (χ4n) is 3.60. The van der Waals surface area contributed by atoms with Gasteiger partial charge in [0.15, 0.2) is 0 Å². The van der Waals surface area contributed by atoms with Crippen LogP contribution in [-0.2, 0) is 17.7 Å². The van der Waals surface area contributed by atoms with E-state index in [1.165, 1.54) is 5.56 Å². The summed E-state index contributed by atoms with van der Waals surface area (Å²) in [5.74, 6) is -0.521. The molecule has 5 nitrogen and oxygen atoms in total. The van der Waals surface area contributed by atoms with Gasteiger partial charge < -0.3 is 14.6 Å². The molecule has 0 unspecified atom stereocenters. The average Bonchev–Trinajstić information content (AvgIpc) is 3.06. The van der Waals surface area contributed by atoms with E-state index >= 15 is 0 Å². The maximum Gasteiger partial charge on any atom is 0.355 e. The number of hydrogen-bond donors (Lipinski definition) is 1. The number of hydrogen-bond acceptors (Lipinski definition) is 3. The first-order valence-electron chi connectivity index (χ1n) is 10.2. The number of nitrogens with one attached hydrogen (secondary N) is 1. The standard InChI is InChI=1S/C25H28N2O3/c1-4-30-25(29)23-18(2)22(19(3)26-23)24(28)27(17-21-13-9-6-10-14-21)16-15-20-11-7-5-8-12-20/h5-14,26H,4,15-17H2,1-3H3. The van der Waals surface area contributed by atoms with Crippen molar-refractivity contribution in [3.05, 3.63) is 94.3 Å². The van der Waals surface area contributed by atoms with E-state index in [1.54, 1.807) is 13.8 Å². The van der Waals surface area contributed by atoms with Crippen LogP contribution in [0.1, 0.15) is 50.2 Å². The van der Waals surface area contributed by atoms with Gasteiger partial charge >= 0.3 is 5.97 Å². The van der Waals surface area contributed by atoms with Crippen molar-refractivity contribution >= 4 is 11.9 Å². The molecule has 0 bridgehead atoms. The van der Waals surface area contributed by atoms with Crippen LogP contribution in [0.25, 0.3) is 0 Å². The Morgan fingerprint density at radius 1 is 0.933 bits per heavy atom. The molecule has 0 radical (unpaired) electrons. The van der Waals surface area contributed by atoms with Gasteiger partial charge in [0, 0.05) is 18.8 Å². The van der Waals surface area contributed by atoms with Crippen LogP contribution in [0.5, 0.6) is 0 Å². The number of aromatic nitrogens is 1. The van der Waals surface area contributed by atoms with Gasteiger partial charge in [-0.2, -0.15) is 0 Å². The Morgan fingerprint density at radius 2 is 1.53 bits per heavy atom. The number of carbonyl (C=O) groups excluding carboxylic acids is 2. The van der Waals surface area contributed by atoms with Crippen LogP contribution in [0.15, 0.2) is 60.7 Å². The van der Waals surface area contributed by atoms with Gasteiger partial charge in [0.05, 0.1) is 12.2 Å². The molecule has 3 rings (SSSR count). The van der Waals surface area contributed by atoms with Crippen molar-refractivity contribution in [2.75, 3.05) is 13.2 Å². The lowest BCUT2D eigenvalue weighted by Crippen LogP contribution is -2.33. The number of benzene rings is 2. The smallest absolute Gasteiger partial charge is 0.355 e. The molecular weight excluding hydrogens is 376 g/mol. The highest BCUT2D eigenvalue weighted by atomic mass is 16.5. The third-order valence-corrected chi connectivity index (χ3v) is 5.15. The molecule has 1 heterocycles. The lowest BCUT2D eigenvalue weighted by atomic mass is 10.1. The van der Waals surface area contributed by atoms with Crippen LogP contribution in [0.3, 0.4) is 0 Å². The fourth-order valence-corrected chi connectivity index (χ4v) is 3.60. The van der Waals surface area contributed by atoms with Crippen LogP contribution >= 0.6 is 0 Å². The van der Waals surface area contributed by atoms with E-state index in [2.05, 4.69) is 17.1 Å². The Hall–Kier alpha value is -3.34. The molecule has 30 heavy (non-hydrogen) atoms. The van der Waals surface area contributed by atoms with Gasteiger partial charge in [-0.05, 0) is 43.9 Å². The van der Waals surface area contributed by atoms with E-state index in [1.807, 2.05) is 60.4 Å². The topological polar surface area (TPSA) is 62.4 Å². The second-order valence-electron chi connectivity index (χ2n) is 7.29. The maximum absolute atomic E-state index is 13.6. The van der Waals surface area contributed by atoms with Gasteiger partial charge in [-0.3, -0.25) is 4.79 Å². The number of aryl methyl sites for hydroxylation is 1. The van der Waals surface area contributed by atoms with E-state index in [0.717, 1.165) is 12.0 Å². The second kappa shape index (κ2) is 9.92. The largest absolute Gasteiger partial charge is 0.461 e. The molecule has 0 aliphatic carbocycles. The van der Waals surface area contributed by atoms with E-state index < -0.39 is 5.97 Å². The number of carbonyl (C=O) groups is 2. The minimum atomic E-state index is -0.434. The first-order valence-corrected chi connectivity index (χ1v) is 10.2. The Labute approximate surface area is 177 Å². The molecule has 1 aromatic heterocycles. The van der Waals surface area contributed by atoms with Crippen LogP contribution in [0.2, 0.25) is 0 Å². The molecule has 156 valence electrons. The summed E-state index contributed by atoms with van der Waals surface area (Å²) in [4.78, 5) is 30.7. The summed E-state index contributed by atoms with van der Waals surface area (Å²) in [5, 5.41) is 0. The summed E-state index contributed by atoms with van der Waals surface area (Å²) >= 11 is 0. The molecule has 2 aromatic carbocycles. The van der Waals surface area contributed by atoms with E-state index in [9.17, 15) is 9.59 Å². The van der Waals surface area contributed by atoms with E-state index in [-0.39, 0.29) is 12.5 Å². The van der Waals surface area contributed by atoms with Gasteiger partial charge in [0.1, 0.15) is 5.69 Å². The number of rotatable bonds is 8. The normalized spacial score (nSPS) is 10.6. The minimum absolute atomic E-state index is 0.0865. The molecule has 5 heteroatoms. The second-order valence-corrected chi connectivity index (χ2v) is 7.29. The maximum atomic E-state index is 13.6. The van der Waals surface area contributed by atoms with Crippen LogP contribution in [-0.4, -0.2) is 34.9 Å². The highest BCUT2D eigenvalue weighted by Gasteiger charge is 2.26. The molecule has 0 aliphatic rings. The van der Waals surface area contributed by atoms with Gasteiger partial charge in [-0.15, -0.1) is 0 Å². The highest BCUT2D eigenvalue weighted by molar-refractivity contribution is 6.01. The third kappa shape index (κ3) is 4.98. The molecule has 0 aliphatic heterocycles. The van der Waals surface area contributed by atoms with Crippen LogP contribution in [0, 0.1) is 13.8 Å². The molecule has 1 N–H and O–H groups in total. The first-order chi connectivity index (χ1) is 14.5. The number of nitrogens with zero attached hydrogens (tertiary/aromatic N) is 1. The monoisotopic (exact) mass is 404 g/mol. The molecular formula is C25H28N2O3. The van der Waals surface area contributed by atoms with Crippen molar-refractivity contribution in [1.29, 1.82) is 0 Å². The van der Waals surface area contributed by atoms with Crippen LogP contribution in [0.4, 0.5) is 0 Å². The first kappa shape index (κ1) is 21.4. The van der Waals surface area contributed by atoms with Gasteiger partial charge in [-0.25, -0.2) is 4.79 Å². The van der Waals surface area contributed by atoms with Crippen molar-refractivity contribution < 1.29 is 14.3 Å². The summed E-state index contributed by atoms with van der Waals surface area (Å²) in [5.41, 5.74) is 4.45. The van der Waals surface area contributed by atoms with Gasteiger partial charge in [-0.1, -0.05) is 60.7 Å². The molecule has 3 aromatic rings. The molecule has 1 amide bonds. The third-order valence-electron chi connectivity index (χ3n) is 5.15. The molecule has 0 spiro atoms. The highest BCUT2D eigenvalue weighted by Crippen LogP contribution is 2.22. The van der Waals surface area contributed by atoms with E-state index in [4.69, 9.17) is 4.74 Å². The fraction of sp³-hybridized carbons (Fsp3) is 0.280. The number of ether oxygens (including phenoxy) is 1. The van der Waals surface area contributed by atoms with Crippen molar-refractivity contribution in [2.24, 2.45) is 0 Å². The predicted molar refractivity (Wildman–Crippen MR) is 118 cm³/mol. The SMILES string of the molecule is CCOC(=O)c1[nH]c(C)c(C(=O)N(CCc2ccccc2)Cc2ccccc2)c1C. The zero-order valence-corrected chi connectivity index (χ0v) is 17.8. The van der Waals surface area contributed by atoms with Crippen molar-refractivity contribution in [2.45, 2.75) is 33.7 Å². The zero-order chi connectivity index (χ0) is 21.5. The van der Waals surface area contributed by atoms with Gasteiger partial charge in [0.25, 0.3) is 5.91 Å². The van der Waals surface area contributed by atoms with Crippen molar-refractivity contribution in [3.63, 3.8) is 0 Å². The molecule has 0 saturated heterocycles. The Bertz CT molecular complexity index is 994. The Balaban J connectivity index is 1.88. The summed E-state index contributed by atoms with van der Waals surface area (Å²) in [6.07, 6.45) is 0.757. The lowest BCUT2D eigenvalue weighted by molar-refractivity contribution is 0.0519. The van der Waals surface area contributed by atoms with Gasteiger partial charge in [0.2, 0.25) is 0 Å². The summed E-state index contributed by atoms with van der Waals surface area (Å²) in [7, 11) is 0. The molecule has 0 atom stereocenters. The molecule has 0 saturated carbocycles. The van der Waals surface area contributed by atoms with Crippen molar-refractivity contribution in [3.8, 4) is 0 Å². The summed E-state index contributed by atoms with van der Waals surface area (Å²) in [6, 6.07) is 20.1. The van der Waals surface area contributed by atoms with E-state index in [0.29, 0.717) is 35.6 Å². The number of H-pyrrole nitrogens is 1.